The third-order valence-corrected chi connectivity index (χ3v) is 7.64. The zero-order valence-electron chi connectivity index (χ0n) is 19.4. The van der Waals surface area contributed by atoms with Crippen LogP contribution in [0.25, 0.3) is 22.4 Å². The van der Waals surface area contributed by atoms with E-state index >= 15 is 0 Å². The predicted molar refractivity (Wildman–Crippen MR) is 137 cm³/mol. The Morgan fingerprint density at radius 3 is 2.83 bits per heavy atom. The maximum Gasteiger partial charge on any atom is 0.196 e. The van der Waals surface area contributed by atoms with E-state index in [4.69, 9.17) is 30.2 Å². The zero-order chi connectivity index (χ0) is 23.9. The van der Waals surface area contributed by atoms with Gasteiger partial charge in [-0.15, -0.1) is 0 Å². The van der Waals surface area contributed by atoms with Crippen molar-refractivity contribution < 1.29 is 18.6 Å². The number of methoxy groups -OCH3 is 2. The van der Waals surface area contributed by atoms with Crippen LogP contribution in [0.2, 0.25) is 5.02 Å². The SMILES string of the molecule is COc1cc(OC[C@@H]2CCCN2c2ccc(Cl)cc2)c2cc(-c3cn4c(n3)SC(OC)N4)oc2c1. The predicted octanol–water partition coefficient (Wildman–Crippen LogP) is 5.59. The molecule has 182 valence electrons. The van der Waals surface area contributed by atoms with Crippen molar-refractivity contribution in [3.05, 3.63) is 53.7 Å². The number of hydrogen-bond donors (Lipinski definition) is 1. The summed E-state index contributed by atoms with van der Waals surface area (Å²) in [6.45, 7) is 1.56. The van der Waals surface area contributed by atoms with Crippen molar-refractivity contribution in [1.29, 1.82) is 0 Å². The Bertz CT molecular complexity index is 1330. The van der Waals surface area contributed by atoms with Crippen LogP contribution < -0.4 is 19.8 Å². The molecule has 2 atom stereocenters. The van der Waals surface area contributed by atoms with Crippen LogP contribution in [0.1, 0.15) is 12.8 Å². The van der Waals surface area contributed by atoms with Crippen LogP contribution in [0.15, 0.2) is 58.2 Å². The summed E-state index contributed by atoms with van der Waals surface area (Å²) in [6.07, 6.45) is 4.10. The molecule has 6 rings (SSSR count). The molecule has 2 aliphatic rings. The highest BCUT2D eigenvalue weighted by atomic mass is 35.5. The Morgan fingerprint density at radius 1 is 1.20 bits per heavy atom. The van der Waals surface area contributed by atoms with Crippen molar-refractivity contribution >= 4 is 40.0 Å². The highest BCUT2D eigenvalue weighted by Gasteiger charge is 2.27. The van der Waals surface area contributed by atoms with Crippen molar-refractivity contribution in [3.8, 4) is 23.0 Å². The van der Waals surface area contributed by atoms with Crippen molar-refractivity contribution in [2.45, 2.75) is 29.6 Å². The summed E-state index contributed by atoms with van der Waals surface area (Å²) in [5.74, 6) is 2.08. The molecule has 4 heterocycles. The molecule has 0 saturated carbocycles. The number of furan rings is 1. The molecule has 2 aliphatic heterocycles. The van der Waals surface area contributed by atoms with Crippen molar-refractivity contribution in [1.82, 2.24) is 9.66 Å². The zero-order valence-corrected chi connectivity index (χ0v) is 20.9. The number of benzene rings is 2. The highest BCUT2D eigenvalue weighted by molar-refractivity contribution is 7.99. The first-order valence-corrected chi connectivity index (χ1v) is 12.7. The van der Waals surface area contributed by atoms with Gasteiger partial charge in [-0.25, -0.2) is 9.66 Å². The Hall–Kier alpha value is -3.01. The molecule has 1 unspecified atom stereocenters. The Labute approximate surface area is 212 Å². The van der Waals surface area contributed by atoms with E-state index in [1.165, 1.54) is 11.8 Å². The number of halogens is 1. The lowest BCUT2D eigenvalue weighted by atomic mass is 10.2. The molecular formula is C25H25ClN4O4S. The van der Waals surface area contributed by atoms with Crippen LogP contribution in [0.4, 0.5) is 5.69 Å². The minimum Gasteiger partial charge on any atom is -0.496 e. The lowest BCUT2D eigenvalue weighted by Crippen LogP contribution is -2.34. The second-order valence-electron chi connectivity index (χ2n) is 8.52. The van der Waals surface area contributed by atoms with E-state index in [1.807, 2.05) is 41.2 Å². The third-order valence-electron chi connectivity index (χ3n) is 6.37. The minimum absolute atomic E-state index is 0.144. The quantitative estimate of drug-likeness (QED) is 0.344. The number of rotatable bonds is 7. The molecule has 2 aromatic carbocycles. The Kier molecular flexibility index (Phi) is 5.91. The second-order valence-corrected chi connectivity index (χ2v) is 9.98. The van der Waals surface area contributed by atoms with Crippen molar-refractivity contribution in [3.63, 3.8) is 0 Å². The van der Waals surface area contributed by atoms with E-state index in [9.17, 15) is 0 Å². The molecule has 4 aromatic rings. The van der Waals surface area contributed by atoms with Crippen LogP contribution in [-0.4, -0.2) is 48.6 Å². The van der Waals surface area contributed by atoms with Gasteiger partial charge in [-0.2, -0.15) is 0 Å². The normalized spacial score (nSPS) is 19.2. The first kappa shape index (κ1) is 22.5. The number of nitrogens with zero attached hydrogens (tertiary/aromatic N) is 3. The molecule has 1 saturated heterocycles. The van der Waals surface area contributed by atoms with Crippen LogP contribution >= 0.6 is 23.4 Å². The van der Waals surface area contributed by atoms with E-state index in [0.717, 1.165) is 52.1 Å². The lowest BCUT2D eigenvalue weighted by Gasteiger charge is -2.27. The average molecular weight is 513 g/mol. The topological polar surface area (TPSA) is 73.9 Å². The third kappa shape index (κ3) is 4.28. The molecule has 1 N–H and O–H groups in total. The van der Waals surface area contributed by atoms with Crippen LogP contribution in [-0.2, 0) is 4.74 Å². The van der Waals surface area contributed by atoms with Gasteiger partial charge in [0.1, 0.15) is 29.4 Å². The molecule has 10 heteroatoms. The molecule has 35 heavy (non-hydrogen) atoms. The van der Waals surface area contributed by atoms with Crippen LogP contribution in [0.5, 0.6) is 11.5 Å². The fourth-order valence-corrected chi connectivity index (χ4v) is 5.56. The number of ether oxygens (including phenoxy) is 3. The highest BCUT2D eigenvalue weighted by Crippen LogP contribution is 2.39. The first-order chi connectivity index (χ1) is 17.1. The molecule has 0 radical (unpaired) electrons. The summed E-state index contributed by atoms with van der Waals surface area (Å²) in [5, 5.41) is 2.45. The maximum atomic E-state index is 6.39. The van der Waals surface area contributed by atoms with Gasteiger partial charge in [-0.3, -0.25) is 5.43 Å². The summed E-state index contributed by atoms with van der Waals surface area (Å²) in [4.78, 5) is 7.07. The number of anilines is 1. The molecule has 0 aliphatic carbocycles. The number of thioether (sulfide) groups is 1. The maximum absolute atomic E-state index is 6.39. The van der Waals surface area contributed by atoms with E-state index in [0.29, 0.717) is 23.7 Å². The van der Waals surface area contributed by atoms with E-state index in [-0.39, 0.29) is 11.6 Å². The smallest absolute Gasteiger partial charge is 0.196 e. The first-order valence-electron chi connectivity index (χ1n) is 11.4. The fraction of sp³-hybridized carbons (Fsp3) is 0.320. The molecule has 8 nitrogen and oxygen atoms in total. The average Bonchev–Trinajstić information content (AvgIpc) is 3.64. The number of nitrogens with one attached hydrogen (secondary N) is 1. The van der Waals surface area contributed by atoms with Crippen molar-refractivity contribution in [2.24, 2.45) is 0 Å². The summed E-state index contributed by atoms with van der Waals surface area (Å²) >= 11 is 7.59. The van der Waals surface area contributed by atoms with E-state index in [1.54, 1.807) is 14.2 Å². The summed E-state index contributed by atoms with van der Waals surface area (Å²) in [5.41, 5.74) is 5.66. The van der Waals surface area contributed by atoms with Crippen LogP contribution in [0.3, 0.4) is 0 Å². The van der Waals surface area contributed by atoms with Gasteiger partial charge in [-0.05, 0) is 54.9 Å². The van der Waals surface area contributed by atoms with Gasteiger partial charge in [0.2, 0.25) is 0 Å². The van der Waals surface area contributed by atoms with E-state index in [2.05, 4.69) is 27.4 Å². The summed E-state index contributed by atoms with van der Waals surface area (Å²) in [6, 6.07) is 14.0. The molecule has 0 spiro atoms. The van der Waals surface area contributed by atoms with Gasteiger partial charge < -0.3 is 23.5 Å². The van der Waals surface area contributed by atoms with Crippen molar-refractivity contribution in [2.75, 3.05) is 37.7 Å². The standard InChI is InChI=1S/C25H25ClN4O4S/c1-31-18-10-21(33-14-17-4-3-9-29(17)16-7-5-15(26)6-8-16)19-12-23(34-22(19)11-18)20-13-30-24(27-20)35-25(28-30)32-2/h5-8,10-13,17,25,28H,3-4,9,14H2,1-2H3/t17-,25?/m0/s1. The Morgan fingerprint density at radius 2 is 2.06 bits per heavy atom. The van der Waals surface area contributed by atoms with Gasteiger partial charge in [0.15, 0.2) is 16.5 Å². The molecule has 0 bridgehead atoms. The monoisotopic (exact) mass is 512 g/mol. The summed E-state index contributed by atoms with van der Waals surface area (Å²) in [7, 11) is 3.30. The van der Waals surface area contributed by atoms with Gasteiger partial charge in [0.25, 0.3) is 0 Å². The number of imidazole rings is 1. The molecule has 0 amide bonds. The fourth-order valence-electron chi connectivity index (χ4n) is 4.61. The number of aromatic nitrogens is 2. The minimum atomic E-state index is -0.144. The largest absolute Gasteiger partial charge is 0.496 e. The van der Waals surface area contributed by atoms with Gasteiger partial charge >= 0.3 is 0 Å². The summed E-state index contributed by atoms with van der Waals surface area (Å²) < 4.78 is 25.3. The van der Waals surface area contributed by atoms with Crippen LogP contribution in [0, 0.1) is 0 Å². The molecule has 1 fully saturated rings. The van der Waals surface area contributed by atoms with Gasteiger partial charge in [0, 0.05) is 36.5 Å². The van der Waals surface area contributed by atoms with Gasteiger partial charge in [0.05, 0.1) is 24.7 Å². The lowest BCUT2D eigenvalue weighted by molar-refractivity contribution is 0.187. The Balaban J connectivity index is 1.25. The number of fused-ring (bicyclic) bond motifs is 2. The second kappa shape index (κ2) is 9.22. The number of hydrogen-bond acceptors (Lipinski definition) is 8. The molecule has 2 aromatic heterocycles. The molecular weight excluding hydrogens is 488 g/mol. The van der Waals surface area contributed by atoms with E-state index < -0.39 is 0 Å². The van der Waals surface area contributed by atoms with Gasteiger partial charge in [-0.1, -0.05) is 11.6 Å².